The molecule has 0 spiro atoms. The lowest BCUT2D eigenvalue weighted by Crippen LogP contribution is -2.48. The zero-order valence-electron chi connectivity index (χ0n) is 13.7. The van der Waals surface area contributed by atoms with Gasteiger partial charge in [-0.1, -0.05) is 19.9 Å². The highest BCUT2D eigenvalue weighted by molar-refractivity contribution is 5.43. The van der Waals surface area contributed by atoms with Crippen LogP contribution >= 0.6 is 0 Å². The summed E-state index contributed by atoms with van der Waals surface area (Å²) in [6.45, 7) is 11.5. The highest BCUT2D eigenvalue weighted by Gasteiger charge is 2.16. The minimum absolute atomic E-state index is 0.507. The third-order valence-corrected chi connectivity index (χ3v) is 3.66. The SMILES string of the molecule is COc1ccc(CN2CCNC(C)C2)cc1OCC(C)C. The minimum Gasteiger partial charge on any atom is -0.493 e. The first-order valence-electron chi connectivity index (χ1n) is 7.84. The molecular formula is C17H28N2O2. The number of benzene rings is 1. The van der Waals surface area contributed by atoms with Crippen LogP contribution in [0.5, 0.6) is 11.5 Å². The summed E-state index contributed by atoms with van der Waals surface area (Å²) in [6, 6.07) is 6.83. The fourth-order valence-corrected chi connectivity index (χ4v) is 2.60. The second kappa shape index (κ2) is 7.66. The maximum atomic E-state index is 5.88. The van der Waals surface area contributed by atoms with Gasteiger partial charge in [0.25, 0.3) is 0 Å². The molecule has 1 aromatic carbocycles. The number of hydrogen-bond donors (Lipinski definition) is 1. The fourth-order valence-electron chi connectivity index (χ4n) is 2.60. The van der Waals surface area contributed by atoms with Crippen LogP contribution in [0.15, 0.2) is 18.2 Å². The van der Waals surface area contributed by atoms with E-state index in [0.29, 0.717) is 18.6 Å². The van der Waals surface area contributed by atoms with E-state index >= 15 is 0 Å². The summed E-state index contributed by atoms with van der Waals surface area (Å²) in [7, 11) is 1.69. The van der Waals surface area contributed by atoms with Gasteiger partial charge in [0.2, 0.25) is 0 Å². The first-order chi connectivity index (χ1) is 10.1. The topological polar surface area (TPSA) is 33.7 Å². The summed E-state index contributed by atoms with van der Waals surface area (Å²) in [5.41, 5.74) is 1.28. The van der Waals surface area contributed by atoms with E-state index < -0.39 is 0 Å². The van der Waals surface area contributed by atoms with E-state index in [2.05, 4.69) is 43.1 Å². The number of rotatable bonds is 6. The van der Waals surface area contributed by atoms with Crippen LogP contribution in [0.4, 0.5) is 0 Å². The Morgan fingerprint density at radius 3 is 2.81 bits per heavy atom. The normalized spacial score (nSPS) is 19.8. The molecule has 0 saturated carbocycles. The summed E-state index contributed by atoms with van der Waals surface area (Å²) in [4.78, 5) is 2.48. The van der Waals surface area contributed by atoms with Crippen molar-refractivity contribution in [1.82, 2.24) is 10.2 Å². The molecule has 4 heteroatoms. The smallest absolute Gasteiger partial charge is 0.161 e. The van der Waals surface area contributed by atoms with Gasteiger partial charge in [0.1, 0.15) is 0 Å². The Hall–Kier alpha value is -1.26. The molecule has 0 amide bonds. The van der Waals surface area contributed by atoms with Gasteiger partial charge in [0.05, 0.1) is 13.7 Å². The summed E-state index contributed by atoms with van der Waals surface area (Å²) < 4.78 is 11.3. The number of methoxy groups -OCH3 is 1. The number of hydrogen-bond acceptors (Lipinski definition) is 4. The van der Waals surface area contributed by atoms with E-state index in [0.717, 1.165) is 37.7 Å². The molecular weight excluding hydrogens is 264 g/mol. The molecule has 1 unspecified atom stereocenters. The Bertz CT molecular complexity index is 448. The Morgan fingerprint density at radius 2 is 2.14 bits per heavy atom. The molecule has 0 bridgehead atoms. The maximum absolute atomic E-state index is 5.88. The summed E-state index contributed by atoms with van der Waals surface area (Å²) in [6.07, 6.45) is 0. The zero-order valence-corrected chi connectivity index (χ0v) is 13.7. The average molecular weight is 292 g/mol. The first kappa shape index (κ1) is 16.1. The highest BCUT2D eigenvalue weighted by atomic mass is 16.5. The van der Waals surface area contributed by atoms with Crippen molar-refractivity contribution >= 4 is 0 Å². The largest absolute Gasteiger partial charge is 0.493 e. The van der Waals surface area contributed by atoms with Crippen molar-refractivity contribution in [2.75, 3.05) is 33.4 Å². The number of piperazine rings is 1. The van der Waals surface area contributed by atoms with Crippen molar-refractivity contribution in [1.29, 1.82) is 0 Å². The second-order valence-corrected chi connectivity index (χ2v) is 6.28. The summed E-state index contributed by atoms with van der Waals surface area (Å²) in [5, 5.41) is 3.47. The molecule has 4 nitrogen and oxygen atoms in total. The van der Waals surface area contributed by atoms with Gasteiger partial charge in [-0.25, -0.2) is 0 Å². The highest BCUT2D eigenvalue weighted by Crippen LogP contribution is 2.29. The predicted molar refractivity (Wildman–Crippen MR) is 86.1 cm³/mol. The Labute approximate surface area is 128 Å². The second-order valence-electron chi connectivity index (χ2n) is 6.28. The molecule has 1 atom stereocenters. The van der Waals surface area contributed by atoms with Gasteiger partial charge in [0, 0.05) is 32.2 Å². The van der Waals surface area contributed by atoms with Crippen LogP contribution in [0, 0.1) is 5.92 Å². The molecule has 2 rings (SSSR count). The van der Waals surface area contributed by atoms with Gasteiger partial charge in [-0.15, -0.1) is 0 Å². The van der Waals surface area contributed by atoms with Crippen molar-refractivity contribution < 1.29 is 9.47 Å². The fraction of sp³-hybridized carbons (Fsp3) is 0.647. The van der Waals surface area contributed by atoms with Crippen molar-refractivity contribution in [3.8, 4) is 11.5 Å². The molecule has 1 aliphatic heterocycles. The van der Waals surface area contributed by atoms with Gasteiger partial charge >= 0.3 is 0 Å². The molecule has 1 aliphatic rings. The monoisotopic (exact) mass is 292 g/mol. The number of nitrogens with one attached hydrogen (secondary N) is 1. The van der Waals surface area contributed by atoms with Gasteiger partial charge in [-0.05, 0) is 30.5 Å². The Balaban J connectivity index is 2.03. The lowest BCUT2D eigenvalue weighted by molar-refractivity contribution is 0.199. The van der Waals surface area contributed by atoms with Gasteiger partial charge in [0.15, 0.2) is 11.5 Å². The van der Waals surface area contributed by atoms with Gasteiger partial charge < -0.3 is 14.8 Å². The molecule has 1 heterocycles. The Morgan fingerprint density at radius 1 is 1.33 bits per heavy atom. The molecule has 0 radical (unpaired) electrons. The zero-order chi connectivity index (χ0) is 15.2. The van der Waals surface area contributed by atoms with Crippen LogP contribution in [-0.4, -0.2) is 44.3 Å². The van der Waals surface area contributed by atoms with Crippen LogP contribution in [0.25, 0.3) is 0 Å². The first-order valence-corrected chi connectivity index (χ1v) is 7.84. The molecule has 1 saturated heterocycles. The van der Waals surface area contributed by atoms with Crippen molar-refractivity contribution in [2.45, 2.75) is 33.4 Å². The molecule has 1 N–H and O–H groups in total. The molecule has 21 heavy (non-hydrogen) atoms. The predicted octanol–water partition coefficient (Wildman–Crippen LogP) is 2.52. The van der Waals surface area contributed by atoms with Crippen LogP contribution in [-0.2, 0) is 6.54 Å². The molecule has 0 aromatic heterocycles. The van der Waals surface area contributed by atoms with Crippen molar-refractivity contribution in [3.05, 3.63) is 23.8 Å². The summed E-state index contributed by atoms with van der Waals surface area (Å²) in [5.74, 6) is 2.17. The lowest BCUT2D eigenvalue weighted by Gasteiger charge is -2.31. The van der Waals surface area contributed by atoms with Crippen molar-refractivity contribution in [3.63, 3.8) is 0 Å². The summed E-state index contributed by atoms with van der Waals surface area (Å²) >= 11 is 0. The quantitative estimate of drug-likeness (QED) is 0.873. The molecule has 118 valence electrons. The van der Waals surface area contributed by atoms with E-state index in [4.69, 9.17) is 9.47 Å². The van der Waals surface area contributed by atoms with Crippen LogP contribution in [0.3, 0.4) is 0 Å². The van der Waals surface area contributed by atoms with Crippen LogP contribution in [0.2, 0.25) is 0 Å². The Kier molecular flexibility index (Phi) is 5.88. The van der Waals surface area contributed by atoms with Crippen LogP contribution in [0.1, 0.15) is 26.3 Å². The molecule has 0 aliphatic carbocycles. The standard InChI is InChI=1S/C17H28N2O2/c1-13(2)12-21-17-9-15(5-6-16(17)20-4)11-19-8-7-18-14(3)10-19/h5-6,9,13-14,18H,7-8,10-12H2,1-4H3. The average Bonchev–Trinajstić information content (AvgIpc) is 2.45. The van der Waals surface area contributed by atoms with E-state index in [1.165, 1.54) is 5.56 Å². The van der Waals surface area contributed by atoms with E-state index in [1.54, 1.807) is 7.11 Å². The maximum Gasteiger partial charge on any atom is 0.161 e. The molecule has 1 fully saturated rings. The lowest BCUT2D eigenvalue weighted by atomic mass is 10.1. The van der Waals surface area contributed by atoms with E-state index in [-0.39, 0.29) is 0 Å². The van der Waals surface area contributed by atoms with E-state index in [1.807, 2.05) is 6.07 Å². The third-order valence-electron chi connectivity index (χ3n) is 3.66. The van der Waals surface area contributed by atoms with Crippen LogP contribution < -0.4 is 14.8 Å². The molecule has 1 aromatic rings. The van der Waals surface area contributed by atoms with E-state index in [9.17, 15) is 0 Å². The van der Waals surface area contributed by atoms with Crippen molar-refractivity contribution in [2.24, 2.45) is 5.92 Å². The number of nitrogens with zero attached hydrogens (tertiary/aromatic N) is 1. The third kappa shape index (κ3) is 4.90. The number of ether oxygens (including phenoxy) is 2. The minimum atomic E-state index is 0.507. The van der Waals surface area contributed by atoms with Gasteiger partial charge in [-0.3, -0.25) is 4.90 Å². The van der Waals surface area contributed by atoms with Gasteiger partial charge in [-0.2, -0.15) is 0 Å².